The van der Waals surface area contributed by atoms with Crippen molar-refractivity contribution in [3.8, 4) is 11.3 Å². The van der Waals surface area contributed by atoms with Crippen molar-refractivity contribution in [2.45, 2.75) is 45.4 Å². The summed E-state index contributed by atoms with van der Waals surface area (Å²) in [6.07, 6.45) is 9.55. The topological polar surface area (TPSA) is 57.5 Å². The number of pyridine rings is 1. The fourth-order valence-corrected chi connectivity index (χ4v) is 5.16. The Hall–Kier alpha value is -3.80. The summed E-state index contributed by atoms with van der Waals surface area (Å²) in [6.45, 7) is 10.6. The molecule has 1 saturated heterocycles. The van der Waals surface area contributed by atoms with Gasteiger partial charge in [0.05, 0.1) is 17.1 Å². The van der Waals surface area contributed by atoms with Gasteiger partial charge >= 0.3 is 0 Å². The van der Waals surface area contributed by atoms with Crippen LogP contribution in [0.5, 0.6) is 0 Å². The zero-order valence-corrected chi connectivity index (χ0v) is 21.5. The van der Waals surface area contributed by atoms with E-state index in [9.17, 15) is 0 Å². The van der Waals surface area contributed by atoms with Crippen LogP contribution in [0, 0.1) is 0 Å². The summed E-state index contributed by atoms with van der Waals surface area (Å²) in [5.74, 6) is 1.37. The number of hydrogen-bond acceptors (Lipinski definition) is 6. The van der Waals surface area contributed by atoms with Crippen molar-refractivity contribution in [2.75, 3.05) is 20.1 Å². The summed E-state index contributed by atoms with van der Waals surface area (Å²) in [7, 11) is 2.04. The summed E-state index contributed by atoms with van der Waals surface area (Å²) in [4.78, 5) is 22.9. The van der Waals surface area contributed by atoms with Gasteiger partial charge in [-0.3, -0.25) is 4.98 Å². The second-order valence-electron chi connectivity index (χ2n) is 9.51. The number of benzene rings is 1. The number of aromatic nitrogens is 3. The van der Waals surface area contributed by atoms with Crippen LogP contribution in [0.15, 0.2) is 78.3 Å². The van der Waals surface area contributed by atoms with Gasteiger partial charge in [0.1, 0.15) is 6.33 Å². The fourth-order valence-electron chi connectivity index (χ4n) is 5.16. The van der Waals surface area contributed by atoms with Crippen LogP contribution < -0.4 is 0 Å². The number of aryl methyl sites for hydroxylation is 2. The van der Waals surface area contributed by atoms with Crippen LogP contribution in [0.2, 0.25) is 0 Å². The lowest BCUT2D eigenvalue weighted by atomic mass is 9.85. The lowest BCUT2D eigenvalue weighted by Crippen LogP contribution is -2.47. The molecule has 0 bridgehead atoms. The Morgan fingerprint density at radius 3 is 2.72 bits per heavy atom. The summed E-state index contributed by atoms with van der Waals surface area (Å²) >= 11 is 0. The van der Waals surface area contributed by atoms with Crippen molar-refractivity contribution < 1.29 is 0 Å². The molecule has 0 spiro atoms. The molecule has 36 heavy (non-hydrogen) atoms. The van der Waals surface area contributed by atoms with Crippen molar-refractivity contribution in [2.24, 2.45) is 4.99 Å². The monoisotopic (exact) mass is 478 g/mol. The molecule has 1 fully saturated rings. The second-order valence-corrected chi connectivity index (χ2v) is 9.51. The lowest BCUT2D eigenvalue weighted by molar-refractivity contribution is 0.283. The molecule has 1 atom stereocenters. The Kier molecular flexibility index (Phi) is 6.94. The maximum absolute atomic E-state index is 5.03. The number of allylic oxidation sites excluding steroid dienone is 1. The average molecular weight is 479 g/mol. The molecule has 6 heteroatoms. The number of rotatable bonds is 5. The Labute approximate surface area is 214 Å². The first-order chi connectivity index (χ1) is 17.6. The molecule has 0 amide bonds. The van der Waals surface area contributed by atoms with Gasteiger partial charge in [-0.05, 0) is 67.2 Å². The number of likely N-dealkylation sites (N-methyl/N-ethyl adjacent to an activating group) is 1. The maximum atomic E-state index is 5.03. The lowest BCUT2D eigenvalue weighted by Gasteiger charge is -2.40. The van der Waals surface area contributed by atoms with Crippen molar-refractivity contribution in [1.29, 1.82) is 0 Å². The summed E-state index contributed by atoms with van der Waals surface area (Å²) in [5, 5.41) is 0. The summed E-state index contributed by atoms with van der Waals surface area (Å²) < 4.78 is 0. The van der Waals surface area contributed by atoms with Crippen molar-refractivity contribution in [3.05, 3.63) is 95.9 Å². The van der Waals surface area contributed by atoms with Crippen LogP contribution in [0.25, 0.3) is 17.0 Å². The molecule has 184 valence electrons. The van der Waals surface area contributed by atoms with Crippen LogP contribution in [-0.4, -0.2) is 50.8 Å². The molecule has 2 aliphatic rings. The van der Waals surface area contributed by atoms with Gasteiger partial charge in [-0.1, -0.05) is 38.6 Å². The van der Waals surface area contributed by atoms with Crippen LogP contribution >= 0.6 is 0 Å². The molecule has 2 aromatic heterocycles. The Bertz CT molecular complexity index is 1310. The van der Waals surface area contributed by atoms with E-state index in [0.717, 1.165) is 66.8 Å². The van der Waals surface area contributed by atoms with E-state index in [-0.39, 0.29) is 0 Å². The molecule has 1 aromatic carbocycles. The highest BCUT2D eigenvalue weighted by molar-refractivity contribution is 5.90. The van der Waals surface area contributed by atoms with Crippen molar-refractivity contribution in [1.82, 2.24) is 24.8 Å². The largest absolute Gasteiger partial charge is 0.342 e. The number of aliphatic imine (C=N–C) groups is 1. The highest BCUT2D eigenvalue weighted by atomic mass is 15.4. The third-order valence-electron chi connectivity index (χ3n) is 7.23. The van der Waals surface area contributed by atoms with Crippen LogP contribution in [-0.2, 0) is 12.8 Å². The predicted molar refractivity (Wildman–Crippen MR) is 146 cm³/mol. The quantitative estimate of drug-likeness (QED) is 0.471. The van der Waals surface area contributed by atoms with Gasteiger partial charge in [0, 0.05) is 49.2 Å². The van der Waals surface area contributed by atoms with E-state index in [1.54, 1.807) is 12.5 Å². The zero-order chi connectivity index (χ0) is 25.1. The van der Waals surface area contributed by atoms with E-state index in [0.29, 0.717) is 5.92 Å². The van der Waals surface area contributed by atoms with Crippen LogP contribution in [0.4, 0.5) is 0 Å². The van der Waals surface area contributed by atoms with Crippen molar-refractivity contribution >= 4 is 11.7 Å². The molecule has 0 saturated carbocycles. The molecule has 5 rings (SSSR count). The SMILES string of the molecule is C=C1C=C(c2ccncn2)N=C(N2CCCC(c3cc(-c4cccc(CC)n4)ccc3CC)C2)N1C. The highest BCUT2D eigenvalue weighted by Crippen LogP contribution is 2.34. The van der Waals surface area contributed by atoms with Gasteiger partial charge in [0.25, 0.3) is 0 Å². The van der Waals surface area contributed by atoms with Gasteiger partial charge in [-0.2, -0.15) is 0 Å². The number of guanidine groups is 1. The van der Waals surface area contributed by atoms with Crippen LogP contribution in [0.3, 0.4) is 0 Å². The molecule has 3 aromatic rings. The summed E-state index contributed by atoms with van der Waals surface area (Å²) in [5.41, 5.74) is 8.79. The first-order valence-corrected chi connectivity index (χ1v) is 12.9. The molecule has 4 heterocycles. The number of hydrogen-bond donors (Lipinski definition) is 0. The predicted octanol–water partition coefficient (Wildman–Crippen LogP) is 5.70. The van der Waals surface area contributed by atoms with E-state index in [1.807, 2.05) is 19.2 Å². The normalized spacial score (nSPS) is 18.2. The molecule has 0 aliphatic carbocycles. The zero-order valence-electron chi connectivity index (χ0n) is 21.5. The number of piperidine rings is 1. The van der Waals surface area contributed by atoms with Crippen LogP contribution in [0.1, 0.15) is 55.1 Å². The smallest absolute Gasteiger partial charge is 0.206 e. The third kappa shape index (κ3) is 4.81. The van der Waals surface area contributed by atoms with E-state index in [2.05, 4.69) is 76.6 Å². The molecule has 0 radical (unpaired) electrons. The van der Waals surface area contributed by atoms with Gasteiger partial charge in [0.2, 0.25) is 5.96 Å². The van der Waals surface area contributed by atoms with Gasteiger partial charge in [-0.15, -0.1) is 0 Å². The molecular weight excluding hydrogens is 444 g/mol. The minimum absolute atomic E-state index is 0.431. The van der Waals surface area contributed by atoms with E-state index >= 15 is 0 Å². The molecule has 1 unspecified atom stereocenters. The third-order valence-corrected chi connectivity index (χ3v) is 7.23. The molecule has 6 nitrogen and oxygen atoms in total. The van der Waals surface area contributed by atoms with Crippen molar-refractivity contribution in [3.63, 3.8) is 0 Å². The standard InChI is InChI=1S/C30H34N6/c1-5-22-12-13-23(27-11-7-10-25(6-2)33-27)18-26(22)24-9-8-16-36(19-24)30-34-29(17-21(3)35(30)4)28-14-15-31-20-32-28/h7,10-15,17-18,20,24H,3,5-6,8-9,16,19H2,1-2,4H3. The second kappa shape index (κ2) is 10.4. The Morgan fingerprint density at radius 1 is 1.06 bits per heavy atom. The maximum Gasteiger partial charge on any atom is 0.206 e. The Morgan fingerprint density at radius 2 is 1.94 bits per heavy atom. The molecular formula is C30H34N6. The first-order valence-electron chi connectivity index (χ1n) is 12.9. The fraction of sp³-hybridized carbons (Fsp3) is 0.333. The Balaban J connectivity index is 1.45. The van der Waals surface area contributed by atoms with E-state index in [1.165, 1.54) is 23.1 Å². The van der Waals surface area contributed by atoms with Gasteiger partial charge in [-0.25, -0.2) is 15.0 Å². The summed E-state index contributed by atoms with van der Waals surface area (Å²) in [6, 6.07) is 15.1. The molecule has 2 aliphatic heterocycles. The minimum atomic E-state index is 0.431. The molecule has 0 N–H and O–H groups in total. The number of likely N-dealkylation sites (tertiary alicyclic amines) is 1. The average Bonchev–Trinajstić information content (AvgIpc) is 2.94. The highest BCUT2D eigenvalue weighted by Gasteiger charge is 2.29. The minimum Gasteiger partial charge on any atom is -0.342 e. The van der Waals surface area contributed by atoms with E-state index in [4.69, 9.17) is 9.98 Å². The van der Waals surface area contributed by atoms with E-state index < -0.39 is 0 Å². The van der Waals surface area contributed by atoms with Gasteiger partial charge in [0.15, 0.2) is 0 Å². The first kappa shape index (κ1) is 23.9. The number of nitrogens with zero attached hydrogens (tertiary/aromatic N) is 6. The van der Waals surface area contributed by atoms with Gasteiger partial charge < -0.3 is 9.80 Å².